The normalized spacial score (nSPS) is 12.9. The lowest BCUT2D eigenvalue weighted by atomic mass is 10.1. The number of alkyl halides is 3. The number of nitrogens with zero attached hydrogens (tertiary/aromatic N) is 1. The van der Waals surface area contributed by atoms with E-state index < -0.39 is 11.7 Å². The van der Waals surface area contributed by atoms with Crippen molar-refractivity contribution in [2.75, 3.05) is 11.9 Å². The molecular weight excluding hydrogens is 431 g/mol. The van der Waals surface area contributed by atoms with Crippen LogP contribution in [-0.4, -0.2) is 23.4 Å². The summed E-state index contributed by atoms with van der Waals surface area (Å²) in [7, 11) is 0. The molecule has 1 aliphatic rings. The van der Waals surface area contributed by atoms with Crippen LogP contribution < -0.4 is 10.6 Å². The lowest BCUT2D eigenvalue weighted by Crippen LogP contribution is -2.30. The molecule has 2 N–H and O–H groups in total. The third-order valence-electron chi connectivity index (χ3n) is 5.51. The Morgan fingerprint density at radius 1 is 0.848 bits per heavy atom. The summed E-state index contributed by atoms with van der Waals surface area (Å²) in [6.45, 7) is 1.40. The summed E-state index contributed by atoms with van der Waals surface area (Å²) in [6.07, 6.45) is -3.95. The summed E-state index contributed by atoms with van der Waals surface area (Å²) in [5, 5.41) is 5.59. The molecule has 0 atom stereocenters. The van der Waals surface area contributed by atoms with Crippen LogP contribution in [0.4, 0.5) is 23.7 Å². The highest BCUT2D eigenvalue weighted by molar-refractivity contribution is 5.95. The Morgan fingerprint density at radius 3 is 2.03 bits per heavy atom. The Balaban J connectivity index is 1.25. The Bertz CT molecular complexity index is 1120. The van der Waals surface area contributed by atoms with Crippen molar-refractivity contribution in [3.05, 3.63) is 101 Å². The smallest absolute Gasteiger partial charge is 0.352 e. The second kappa shape index (κ2) is 9.36. The van der Waals surface area contributed by atoms with E-state index in [1.165, 1.54) is 12.1 Å². The number of hydrogen-bond donors (Lipinski definition) is 2. The minimum atomic E-state index is -4.36. The molecular formula is C25H22F3N3O2. The second-order valence-electron chi connectivity index (χ2n) is 7.83. The Hall–Kier alpha value is -3.81. The fourth-order valence-corrected chi connectivity index (χ4v) is 3.67. The summed E-state index contributed by atoms with van der Waals surface area (Å²) >= 11 is 0. The highest BCUT2D eigenvalue weighted by Crippen LogP contribution is 2.29. The highest BCUT2D eigenvalue weighted by atomic mass is 19.4. The maximum Gasteiger partial charge on any atom is 0.416 e. The number of carbonyl (C=O) groups is 2. The van der Waals surface area contributed by atoms with Gasteiger partial charge in [-0.15, -0.1) is 0 Å². The van der Waals surface area contributed by atoms with Crippen LogP contribution in [0.5, 0.6) is 0 Å². The SMILES string of the molecule is O=C(NCCc1ccc(C(F)(F)F)cc1)c1ccc(NC(=O)N2Cc3ccccc3C2)cc1. The van der Waals surface area contributed by atoms with Gasteiger partial charge < -0.3 is 15.5 Å². The summed E-state index contributed by atoms with van der Waals surface area (Å²) in [6, 6.07) is 19.1. The molecule has 33 heavy (non-hydrogen) atoms. The van der Waals surface area contributed by atoms with Crippen LogP contribution in [0.2, 0.25) is 0 Å². The van der Waals surface area contributed by atoms with Crippen molar-refractivity contribution < 1.29 is 22.8 Å². The van der Waals surface area contributed by atoms with Crippen LogP contribution in [0.3, 0.4) is 0 Å². The number of anilines is 1. The van der Waals surface area contributed by atoms with E-state index in [2.05, 4.69) is 10.6 Å². The zero-order valence-corrected chi connectivity index (χ0v) is 17.7. The molecule has 0 bridgehead atoms. The first-order chi connectivity index (χ1) is 15.8. The van der Waals surface area contributed by atoms with Crippen molar-refractivity contribution in [1.29, 1.82) is 0 Å². The fraction of sp³-hybridized carbons (Fsp3) is 0.200. The third kappa shape index (κ3) is 5.52. The van der Waals surface area contributed by atoms with Crippen molar-refractivity contribution in [2.45, 2.75) is 25.7 Å². The molecule has 5 nitrogen and oxygen atoms in total. The molecule has 3 aromatic rings. The Morgan fingerprint density at radius 2 is 1.45 bits per heavy atom. The highest BCUT2D eigenvalue weighted by Gasteiger charge is 2.29. The number of urea groups is 1. The van der Waals surface area contributed by atoms with E-state index in [-0.39, 0.29) is 18.5 Å². The minimum Gasteiger partial charge on any atom is -0.352 e. The van der Waals surface area contributed by atoms with Crippen molar-refractivity contribution >= 4 is 17.6 Å². The van der Waals surface area contributed by atoms with Crippen molar-refractivity contribution in [2.24, 2.45) is 0 Å². The molecule has 4 rings (SSSR count). The monoisotopic (exact) mass is 453 g/mol. The largest absolute Gasteiger partial charge is 0.416 e. The van der Waals surface area contributed by atoms with Gasteiger partial charge in [-0.1, -0.05) is 36.4 Å². The first kappa shape index (κ1) is 22.4. The first-order valence-electron chi connectivity index (χ1n) is 10.5. The fourth-order valence-electron chi connectivity index (χ4n) is 3.67. The maximum absolute atomic E-state index is 12.6. The molecule has 0 spiro atoms. The van der Waals surface area contributed by atoms with Crippen LogP contribution in [0.25, 0.3) is 0 Å². The standard InChI is InChI=1S/C25H22F3N3O2/c26-25(27,28)21-9-5-17(6-10-21)13-14-29-23(32)18-7-11-22(12-8-18)30-24(33)31-15-19-3-1-2-4-20(19)16-31/h1-12H,13-16H2,(H,29,32)(H,30,33). The number of fused-ring (bicyclic) bond motifs is 1. The topological polar surface area (TPSA) is 61.4 Å². The zero-order valence-electron chi connectivity index (χ0n) is 17.7. The van der Waals surface area contributed by atoms with E-state index >= 15 is 0 Å². The van der Waals surface area contributed by atoms with Gasteiger partial charge in [0, 0.05) is 30.9 Å². The van der Waals surface area contributed by atoms with Crippen molar-refractivity contribution in [1.82, 2.24) is 10.2 Å². The van der Waals surface area contributed by atoms with Crippen LogP contribution in [0.15, 0.2) is 72.8 Å². The first-order valence-corrected chi connectivity index (χ1v) is 10.5. The summed E-state index contributed by atoms with van der Waals surface area (Å²) < 4.78 is 37.8. The van der Waals surface area contributed by atoms with Gasteiger partial charge in [-0.2, -0.15) is 13.2 Å². The van der Waals surface area contributed by atoms with E-state index in [0.717, 1.165) is 23.3 Å². The van der Waals surface area contributed by atoms with E-state index in [1.54, 1.807) is 29.2 Å². The minimum absolute atomic E-state index is 0.208. The molecule has 170 valence electrons. The number of rotatable bonds is 5. The molecule has 8 heteroatoms. The molecule has 0 saturated carbocycles. The Labute approximate surface area is 189 Å². The number of hydrogen-bond acceptors (Lipinski definition) is 2. The van der Waals surface area contributed by atoms with Gasteiger partial charge >= 0.3 is 12.2 Å². The van der Waals surface area contributed by atoms with Gasteiger partial charge in [0.15, 0.2) is 0 Å². The van der Waals surface area contributed by atoms with Crippen LogP contribution >= 0.6 is 0 Å². The predicted octanol–water partition coefficient (Wildman–Crippen LogP) is 5.23. The average Bonchev–Trinajstić information content (AvgIpc) is 3.24. The molecule has 0 radical (unpaired) electrons. The third-order valence-corrected chi connectivity index (χ3v) is 5.51. The molecule has 0 saturated heterocycles. The van der Waals surface area contributed by atoms with E-state index in [1.807, 2.05) is 24.3 Å². The number of amides is 3. The van der Waals surface area contributed by atoms with Gasteiger partial charge in [-0.05, 0) is 59.5 Å². The number of nitrogens with one attached hydrogen (secondary N) is 2. The molecule has 3 aromatic carbocycles. The Kier molecular flexibility index (Phi) is 6.35. The van der Waals surface area contributed by atoms with E-state index in [9.17, 15) is 22.8 Å². The summed E-state index contributed by atoms with van der Waals surface area (Å²) in [4.78, 5) is 26.6. The predicted molar refractivity (Wildman–Crippen MR) is 119 cm³/mol. The van der Waals surface area contributed by atoms with Gasteiger partial charge in [0.2, 0.25) is 0 Å². The van der Waals surface area contributed by atoms with Crippen LogP contribution in [0, 0.1) is 0 Å². The maximum atomic E-state index is 12.6. The van der Waals surface area contributed by atoms with E-state index in [4.69, 9.17) is 0 Å². The van der Waals surface area contributed by atoms with Gasteiger partial charge in [0.05, 0.1) is 5.56 Å². The number of carbonyl (C=O) groups excluding carboxylic acids is 2. The zero-order chi connectivity index (χ0) is 23.4. The number of halogens is 3. The van der Waals surface area contributed by atoms with Gasteiger partial charge in [-0.3, -0.25) is 4.79 Å². The lowest BCUT2D eigenvalue weighted by Gasteiger charge is -2.16. The molecule has 0 aromatic heterocycles. The van der Waals surface area contributed by atoms with Gasteiger partial charge in [0.25, 0.3) is 5.91 Å². The van der Waals surface area contributed by atoms with E-state index in [0.29, 0.717) is 36.3 Å². The second-order valence-corrected chi connectivity index (χ2v) is 7.83. The van der Waals surface area contributed by atoms with Crippen LogP contribution in [0.1, 0.15) is 32.6 Å². The molecule has 3 amide bonds. The van der Waals surface area contributed by atoms with Crippen molar-refractivity contribution in [3.8, 4) is 0 Å². The van der Waals surface area contributed by atoms with Gasteiger partial charge in [0.1, 0.15) is 0 Å². The lowest BCUT2D eigenvalue weighted by molar-refractivity contribution is -0.137. The van der Waals surface area contributed by atoms with Crippen LogP contribution in [-0.2, 0) is 25.7 Å². The molecule has 0 fully saturated rings. The molecule has 1 heterocycles. The molecule has 0 unspecified atom stereocenters. The summed E-state index contributed by atoms with van der Waals surface area (Å²) in [5.41, 5.74) is 3.28. The molecule has 0 aliphatic carbocycles. The molecule has 1 aliphatic heterocycles. The quantitative estimate of drug-likeness (QED) is 0.556. The number of benzene rings is 3. The van der Waals surface area contributed by atoms with Gasteiger partial charge in [-0.25, -0.2) is 4.79 Å². The summed E-state index contributed by atoms with van der Waals surface area (Å²) in [5.74, 6) is -0.296. The van der Waals surface area contributed by atoms with Crippen molar-refractivity contribution in [3.63, 3.8) is 0 Å². The average molecular weight is 453 g/mol.